The van der Waals surface area contributed by atoms with Gasteiger partial charge in [0, 0.05) is 19.6 Å². The molecule has 2 N–H and O–H groups in total. The average Bonchev–Trinajstić information content (AvgIpc) is 2.68. The summed E-state index contributed by atoms with van der Waals surface area (Å²) in [6.07, 6.45) is 5.52. The number of benzene rings is 2. The molecular weight excluding hydrogens is 315 g/mol. The van der Waals surface area contributed by atoms with Gasteiger partial charge in [0.25, 0.3) is 0 Å². The molecule has 0 radical (unpaired) electrons. The molecule has 4 rings (SSSR count). The predicted molar refractivity (Wildman–Crippen MR) is 98.9 cm³/mol. The van der Waals surface area contributed by atoms with E-state index in [9.17, 15) is 4.39 Å². The summed E-state index contributed by atoms with van der Waals surface area (Å²) >= 11 is 0. The summed E-state index contributed by atoms with van der Waals surface area (Å²) in [5, 5.41) is 0. The highest BCUT2D eigenvalue weighted by atomic mass is 19.1. The lowest BCUT2D eigenvalue weighted by atomic mass is 9.99. The third-order valence-corrected chi connectivity index (χ3v) is 4.81. The summed E-state index contributed by atoms with van der Waals surface area (Å²) in [5.74, 6) is 0.656. The van der Waals surface area contributed by atoms with Crippen LogP contribution in [0.3, 0.4) is 0 Å². The smallest absolute Gasteiger partial charge is 0.147 e. The maximum Gasteiger partial charge on any atom is 0.147 e. The molecule has 0 unspecified atom stereocenters. The van der Waals surface area contributed by atoms with E-state index in [-0.39, 0.29) is 5.82 Å². The fourth-order valence-corrected chi connectivity index (χ4v) is 3.44. The predicted octanol–water partition coefficient (Wildman–Crippen LogP) is 3.88. The van der Waals surface area contributed by atoms with E-state index in [4.69, 9.17) is 10.7 Å². The van der Waals surface area contributed by atoms with E-state index in [1.165, 1.54) is 31.4 Å². The van der Waals surface area contributed by atoms with Crippen LogP contribution in [0.4, 0.5) is 10.2 Å². The molecule has 1 fully saturated rings. The van der Waals surface area contributed by atoms with Crippen LogP contribution in [0.2, 0.25) is 0 Å². The van der Waals surface area contributed by atoms with Crippen molar-refractivity contribution in [3.8, 4) is 11.1 Å². The van der Waals surface area contributed by atoms with E-state index in [1.807, 2.05) is 24.4 Å². The van der Waals surface area contributed by atoms with Gasteiger partial charge in [0.2, 0.25) is 0 Å². The van der Waals surface area contributed by atoms with Gasteiger partial charge in [-0.1, -0.05) is 12.1 Å². The van der Waals surface area contributed by atoms with Crippen molar-refractivity contribution in [1.82, 2.24) is 9.97 Å². The van der Waals surface area contributed by atoms with Gasteiger partial charge < -0.3 is 10.6 Å². The van der Waals surface area contributed by atoms with Gasteiger partial charge in [-0.2, -0.15) is 0 Å². The van der Waals surface area contributed by atoms with Gasteiger partial charge in [0.15, 0.2) is 0 Å². The number of rotatable bonds is 3. The Bertz CT molecular complexity index is 903. The van der Waals surface area contributed by atoms with Crippen molar-refractivity contribution in [3.63, 3.8) is 0 Å². The Morgan fingerprint density at radius 3 is 2.64 bits per heavy atom. The highest BCUT2D eigenvalue weighted by Crippen LogP contribution is 2.28. The lowest BCUT2D eigenvalue weighted by Gasteiger charge is -2.27. The molecule has 0 spiro atoms. The maximum absolute atomic E-state index is 13.7. The van der Waals surface area contributed by atoms with Gasteiger partial charge >= 0.3 is 0 Å². The molecule has 1 saturated heterocycles. The van der Waals surface area contributed by atoms with Crippen LogP contribution in [-0.2, 0) is 6.54 Å². The Morgan fingerprint density at radius 2 is 1.84 bits per heavy atom. The Hall–Kier alpha value is -2.53. The van der Waals surface area contributed by atoms with Crippen LogP contribution >= 0.6 is 0 Å². The molecule has 0 atom stereocenters. The molecule has 0 aliphatic carbocycles. The first-order valence-electron chi connectivity index (χ1n) is 8.75. The van der Waals surface area contributed by atoms with Crippen molar-refractivity contribution in [2.45, 2.75) is 25.8 Å². The minimum atomic E-state index is -0.263. The molecule has 25 heavy (non-hydrogen) atoms. The summed E-state index contributed by atoms with van der Waals surface area (Å²) in [6, 6.07) is 10.6. The highest BCUT2D eigenvalue weighted by Gasteiger charge is 2.14. The summed E-state index contributed by atoms with van der Waals surface area (Å²) in [6.45, 7) is 2.43. The lowest BCUT2D eigenvalue weighted by Crippen LogP contribution is -2.30. The van der Waals surface area contributed by atoms with Crippen molar-refractivity contribution in [2.24, 2.45) is 5.73 Å². The molecule has 2 aromatic carbocycles. The number of aromatic nitrogens is 2. The van der Waals surface area contributed by atoms with E-state index >= 15 is 0 Å². The Balaban J connectivity index is 1.77. The molecule has 2 heterocycles. The molecule has 3 aromatic rings. The average molecular weight is 336 g/mol. The summed E-state index contributed by atoms with van der Waals surface area (Å²) < 4.78 is 13.7. The second-order valence-electron chi connectivity index (χ2n) is 6.48. The van der Waals surface area contributed by atoms with Gasteiger partial charge in [0.05, 0.1) is 17.2 Å². The van der Waals surface area contributed by atoms with Gasteiger partial charge in [-0.3, -0.25) is 4.98 Å². The lowest BCUT2D eigenvalue weighted by molar-refractivity contribution is 0.573. The fourth-order valence-electron chi connectivity index (χ4n) is 3.44. The second kappa shape index (κ2) is 6.76. The molecular formula is C20H21FN4. The standard InChI is InChI=1S/C20H21FN4/c21-16-6-4-15(12-22)17(11-16)14-5-7-18-19(10-14)24-20(13-23-18)25-8-2-1-3-9-25/h4-7,10-11,13H,1-3,8-9,12,22H2. The zero-order valence-electron chi connectivity index (χ0n) is 14.1. The highest BCUT2D eigenvalue weighted by molar-refractivity contribution is 5.83. The zero-order chi connectivity index (χ0) is 17.2. The summed E-state index contributed by atoms with van der Waals surface area (Å²) in [4.78, 5) is 11.6. The number of halogens is 1. The van der Waals surface area contributed by atoms with Crippen molar-refractivity contribution >= 4 is 16.9 Å². The van der Waals surface area contributed by atoms with Crippen molar-refractivity contribution < 1.29 is 4.39 Å². The Kier molecular flexibility index (Phi) is 4.32. The number of fused-ring (bicyclic) bond motifs is 1. The molecule has 1 aromatic heterocycles. The number of nitrogens with two attached hydrogens (primary N) is 1. The van der Waals surface area contributed by atoms with Crippen LogP contribution in [-0.4, -0.2) is 23.1 Å². The van der Waals surface area contributed by atoms with Crippen LogP contribution in [0.5, 0.6) is 0 Å². The molecule has 0 saturated carbocycles. The first kappa shape index (κ1) is 16.0. The van der Waals surface area contributed by atoms with Crippen LogP contribution in [0.15, 0.2) is 42.6 Å². The number of hydrogen-bond donors (Lipinski definition) is 1. The van der Waals surface area contributed by atoms with Crippen LogP contribution in [0.1, 0.15) is 24.8 Å². The monoisotopic (exact) mass is 336 g/mol. The largest absolute Gasteiger partial charge is 0.355 e. The summed E-state index contributed by atoms with van der Waals surface area (Å²) in [7, 11) is 0. The van der Waals surface area contributed by atoms with Crippen LogP contribution in [0.25, 0.3) is 22.2 Å². The van der Waals surface area contributed by atoms with E-state index in [0.717, 1.165) is 46.6 Å². The molecule has 5 heteroatoms. The molecule has 0 bridgehead atoms. The van der Waals surface area contributed by atoms with Gasteiger partial charge in [-0.25, -0.2) is 9.37 Å². The SMILES string of the molecule is NCc1ccc(F)cc1-c1ccc2ncc(N3CCCCC3)nc2c1. The zero-order valence-corrected chi connectivity index (χ0v) is 14.1. The minimum absolute atomic E-state index is 0.263. The molecule has 4 nitrogen and oxygen atoms in total. The Labute approximate surface area is 146 Å². The van der Waals surface area contributed by atoms with E-state index in [1.54, 1.807) is 6.07 Å². The second-order valence-corrected chi connectivity index (χ2v) is 6.48. The fraction of sp³-hybridized carbons (Fsp3) is 0.300. The van der Waals surface area contributed by atoms with E-state index < -0.39 is 0 Å². The molecule has 1 aliphatic heterocycles. The van der Waals surface area contributed by atoms with Crippen molar-refractivity contribution in [3.05, 3.63) is 54.0 Å². The molecule has 1 aliphatic rings. The van der Waals surface area contributed by atoms with Crippen molar-refractivity contribution in [1.29, 1.82) is 0 Å². The molecule has 0 amide bonds. The number of nitrogens with zero attached hydrogens (tertiary/aromatic N) is 3. The number of hydrogen-bond acceptors (Lipinski definition) is 4. The van der Waals surface area contributed by atoms with E-state index in [2.05, 4.69) is 9.88 Å². The minimum Gasteiger partial charge on any atom is -0.355 e. The topological polar surface area (TPSA) is 55.0 Å². The van der Waals surface area contributed by atoms with Gasteiger partial charge in [0.1, 0.15) is 11.6 Å². The normalized spacial score (nSPS) is 14.9. The number of piperidine rings is 1. The van der Waals surface area contributed by atoms with Crippen molar-refractivity contribution in [2.75, 3.05) is 18.0 Å². The first-order valence-corrected chi connectivity index (χ1v) is 8.75. The summed E-state index contributed by atoms with van der Waals surface area (Å²) in [5.41, 5.74) is 10.1. The van der Waals surface area contributed by atoms with Gasteiger partial charge in [-0.15, -0.1) is 0 Å². The van der Waals surface area contributed by atoms with Crippen LogP contribution < -0.4 is 10.6 Å². The van der Waals surface area contributed by atoms with Gasteiger partial charge in [-0.05, 0) is 60.2 Å². The maximum atomic E-state index is 13.7. The first-order chi connectivity index (χ1) is 12.2. The third kappa shape index (κ3) is 3.20. The number of anilines is 1. The Morgan fingerprint density at radius 1 is 1.00 bits per heavy atom. The quantitative estimate of drug-likeness (QED) is 0.788. The van der Waals surface area contributed by atoms with E-state index in [0.29, 0.717) is 6.54 Å². The van der Waals surface area contributed by atoms with Crippen LogP contribution in [0, 0.1) is 5.82 Å². The third-order valence-electron chi connectivity index (χ3n) is 4.81. The molecule has 128 valence electrons.